The van der Waals surface area contributed by atoms with E-state index >= 15 is 0 Å². The van der Waals surface area contributed by atoms with E-state index in [4.69, 9.17) is 19.5 Å². The van der Waals surface area contributed by atoms with Crippen molar-refractivity contribution in [3.63, 3.8) is 0 Å². The predicted octanol–water partition coefficient (Wildman–Crippen LogP) is 2.36. The first-order chi connectivity index (χ1) is 28.6. The molecule has 1 saturated heterocycles. The van der Waals surface area contributed by atoms with Crippen LogP contribution in [0.15, 0.2) is 24.8 Å². The van der Waals surface area contributed by atoms with Gasteiger partial charge in [-0.1, -0.05) is 76.8 Å². The Morgan fingerprint density at radius 2 is 1.69 bits per heavy atom. The number of phosphoric ester groups is 3. The molecule has 346 valence electrons. The Hall–Kier alpha value is -2.70. The third kappa shape index (κ3) is 18.1. The van der Waals surface area contributed by atoms with Gasteiger partial charge >= 0.3 is 23.5 Å². The van der Waals surface area contributed by atoms with Gasteiger partial charge in [0.05, 0.1) is 19.5 Å². The van der Waals surface area contributed by atoms with Gasteiger partial charge in [0.25, 0.3) is 0 Å². The van der Waals surface area contributed by atoms with Gasteiger partial charge in [-0.15, -0.1) is 0 Å². The number of aliphatic hydroxyl groups excluding tert-OH is 2. The number of phosphoric acid groups is 3. The van der Waals surface area contributed by atoms with E-state index in [0.717, 1.165) is 41.8 Å². The molecule has 1 fully saturated rings. The Labute approximate surface area is 356 Å². The van der Waals surface area contributed by atoms with E-state index in [-0.39, 0.29) is 41.6 Å². The number of nitrogens with two attached hydrogens (primary N) is 1. The summed E-state index contributed by atoms with van der Waals surface area (Å²) < 4.78 is 62.3. The molecule has 1 aliphatic rings. The lowest BCUT2D eigenvalue weighted by atomic mass is 9.87. The first-order valence-corrected chi connectivity index (χ1v) is 24.8. The molecule has 2 amide bonds. The van der Waals surface area contributed by atoms with Crippen molar-refractivity contribution in [2.75, 3.05) is 37.8 Å². The predicted molar refractivity (Wildman–Crippen MR) is 219 cm³/mol. The van der Waals surface area contributed by atoms with E-state index in [0.29, 0.717) is 12.2 Å². The van der Waals surface area contributed by atoms with Crippen molar-refractivity contribution in [1.82, 2.24) is 30.2 Å². The minimum Gasteiger partial charge on any atom is -0.386 e. The van der Waals surface area contributed by atoms with Crippen LogP contribution in [-0.4, -0.2) is 123 Å². The molecule has 1 aliphatic heterocycles. The van der Waals surface area contributed by atoms with E-state index in [1.165, 1.54) is 46.0 Å². The summed E-state index contributed by atoms with van der Waals surface area (Å²) in [6, 6.07) is 0. The standard InChI is InChI=1S/C33H56N7O17P3S/c1-4-5-6-7-8-9-10-11-12-13-24(42)61-17-16-35-23(41)14-15-36-31(45)28(44)33(2,3)19-54-60(51,52)57-59(49,50)53-18-22-27(56-58(46,47)48)26(43)32(55-22)40-21-39-25-29(34)37-20-38-30(25)40/h11-12,20-22,26-28,32,43-44H,4-10,13-19H2,1-3H3,(H,35,41)(H,36,45)(H,49,50)(H,51,52)(H2,34,37,38)(H2,46,47,48). The summed E-state index contributed by atoms with van der Waals surface area (Å²) in [6.45, 7) is 2.70. The molecule has 3 rings (SSSR count). The average molecular weight is 948 g/mol. The second kappa shape index (κ2) is 24.4. The van der Waals surface area contributed by atoms with Crippen LogP contribution in [0.4, 0.5) is 5.82 Å². The van der Waals surface area contributed by atoms with Gasteiger partial charge in [0, 0.05) is 37.1 Å². The zero-order valence-corrected chi connectivity index (χ0v) is 37.4. The number of anilines is 1. The van der Waals surface area contributed by atoms with Crippen LogP contribution in [0.5, 0.6) is 0 Å². The summed E-state index contributed by atoms with van der Waals surface area (Å²) >= 11 is 1.10. The Bertz CT molecular complexity index is 1940. The number of carbonyl (C=O) groups excluding carboxylic acids is 3. The molecule has 7 atom stereocenters. The maximum atomic E-state index is 12.7. The summed E-state index contributed by atoms with van der Waals surface area (Å²) in [6.07, 6.45) is 5.42. The van der Waals surface area contributed by atoms with Gasteiger partial charge in [-0.25, -0.2) is 28.6 Å². The molecule has 28 heteroatoms. The number of rotatable bonds is 28. The number of unbranched alkanes of at least 4 members (excludes halogenated alkanes) is 6. The highest BCUT2D eigenvalue weighted by Gasteiger charge is 2.50. The summed E-state index contributed by atoms with van der Waals surface area (Å²) in [7, 11) is -16.4. The lowest BCUT2D eigenvalue weighted by molar-refractivity contribution is -0.137. The zero-order valence-electron chi connectivity index (χ0n) is 33.9. The van der Waals surface area contributed by atoms with Crippen molar-refractivity contribution in [3.05, 3.63) is 24.8 Å². The largest absolute Gasteiger partial charge is 0.481 e. The lowest BCUT2D eigenvalue weighted by Gasteiger charge is -2.30. The Balaban J connectivity index is 1.40. The van der Waals surface area contributed by atoms with Gasteiger partial charge in [-0.3, -0.25) is 32.5 Å². The van der Waals surface area contributed by atoms with Gasteiger partial charge in [0.15, 0.2) is 22.8 Å². The van der Waals surface area contributed by atoms with E-state index < -0.39 is 84.6 Å². The topological polar surface area (TPSA) is 364 Å². The van der Waals surface area contributed by atoms with Crippen molar-refractivity contribution in [3.8, 4) is 0 Å². The van der Waals surface area contributed by atoms with Crippen molar-refractivity contribution in [2.45, 2.75) is 109 Å². The molecule has 0 radical (unpaired) electrons. The maximum absolute atomic E-state index is 12.7. The molecule has 61 heavy (non-hydrogen) atoms. The fourth-order valence-electron chi connectivity index (χ4n) is 5.69. The highest BCUT2D eigenvalue weighted by Crippen LogP contribution is 2.61. The number of hydrogen-bond donors (Lipinski definition) is 9. The van der Waals surface area contributed by atoms with Gasteiger partial charge in [-0.2, -0.15) is 4.31 Å². The number of nitrogens with one attached hydrogen (secondary N) is 2. The molecule has 0 aromatic carbocycles. The van der Waals surface area contributed by atoms with E-state index in [1.54, 1.807) is 0 Å². The molecule has 7 unspecified atom stereocenters. The van der Waals surface area contributed by atoms with Crippen LogP contribution in [0, 0.1) is 5.41 Å². The molecule has 0 spiro atoms. The van der Waals surface area contributed by atoms with Crippen molar-refractivity contribution in [2.24, 2.45) is 5.41 Å². The van der Waals surface area contributed by atoms with Crippen LogP contribution in [0.3, 0.4) is 0 Å². The lowest BCUT2D eigenvalue weighted by Crippen LogP contribution is -2.46. The number of ether oxygens (including phenoxy) is 1. The Morgan fingerprint density at radius 3 is 2.39 bits per heavy atom. The van der Waals surface area contributed by atoms with Gasteiger partial charge < -0.3 is 50.9 Å². The van der Waals surface area contributed by atoms with Crippen LogP contribution >= 0.6 is 35.2 Å². The zero-order chi connectivity index (χ0) is 45.4. The van der Waals surface area contributed by atoms with Crippen LogP contribution in [0.25, 0.3) is 11.2 Å². The second-order valence-electron chi connectivity index (χ2n) is 14.5. The minimum absolute atomic E-state index is 0.0228. The normalized spacial score (nSPS) is 21.0. The number of nitrogens with zero attached hydrogens (tertiary/aromatic N) is 4. The number of thioether (sulfide) groups is 1. The quantitative estimate of drug-likeness (QED) is 0.0336. The van der Waals surface area contributed by atoms with Crippen LogP contribution in [-0.2, 0) is 50.7 Å². The third-order valence-corrected chi connectivity index (χ3v) is 12.9. The third-order valence-electron chi connectivity index (χ3n) is 8.94. The van der Waals surface area contributed by atoms with Gasteiger partial charge in [0.2, 0.25) is 11.8 Å². The molecule has 3 heterocycles. The number of hydrogen-bond acceptors (Lipinski definition) is 18. The van der Waals surface area contributed by atoms with Crippen molar-refractivity contribution in [1.29, 1.82) is 0 Å². The fourth-order valence-corrected chi connectivity index (χ4v) is 9.17. The maximum Gasteiger partial charge on any atom is 0.481 e. The van der Waals surface area contributed by atoms with E-state index in [1.807, 2.05) is 12.2 Å². The first-order valence-electron chi connectivity index (χ1n) is 19.3. The smallest absolute Gasteiger partial charge is 0.386 e. The van der Waals surface area contributed by atoms with Crippen LogP contribution < -0.4 is 16.4 Å². The summed E-state index contributed by atoms with van der Waals surface area (Å²) in [5.74, 6) is -1.08. The Morgan fingerprint density at radius 1 is 1.00 bits per heavy atom. The first kappa shape index (κ1) is 52.6. The van der Waals surface area contributed by atoms with Crippen LogP contribution in [0.2, 0.25) is 0 Å². The second-order valence-corrected chi connectivity index (χ2v) is 19.9. The molecular weight excluding hydrogens is 891 g/mol. The molecule has 2 aromatic heterocycles. The number of amides is 2. The highest BCUT2D eigenvalue weighted by atomic mass is 32.2. The van der Waals surface area contributed by atoms with E-state index in [2.05, 4.69) is 41.3 Å². The molecule has 24 nitrogen and oxygen atoms in total. The number of carbonyl (C=O) groups is 3. The summed E-state index contributed by atoms with van der Waals surface area (Å²) in [5.41, 5.74) is 4.27. The molecular formula is C33H56N7O17P3S. The molecule has 0 bridgehead atoms. The average Bonchev–Trinajstić information content (AvgIpc) is 3.73. The number of aliphatic hydroxyl groups is 2. The van der Waals surface area contributed by atoms with Crippen molar-refractivity contribution >= 4 is 69.1 Å². The number of aromatic nitrogens is 4. The highest BCUT2D eigenvalue weighted by molar-refractivity contribution is 8.13. The number of imidazole rings is 1. The monoisotopic (exact) mass is 947 g/mol. The summed E-state index contributed by atoms with van der Waals surface area (Å²) in [5, 5.41) is 26.5. The molecule has 0 saturated carbocycles. The van der Waals surface area contributed by atoms with Crippen LogP contribution in [0.1, 0.15) is 84.8 Å². The summed E-state index contributed by atoms with van der Waals surface area (Å²) in [4.78, 5) is 87.9. The molecule has 10 N–H and O–H groups in total. The van der Waals surface area contributed by atoms with E-state index in [9.17, 15) is 57.9 Å². The minimum atomic E-state index is -5.57. The van der Waals surface area contributed by atoms with Gasteiger partial charge in [0.1, 0.15) is 36.3 Å². The molecule has 2 aromatic rings. The number of nitrogen functional groups attached to an aromatic ring is 1. The van der Waals surface area contributed by atoms with Crippen molar-refractivity contribution < 1.29 is 80.5 Å². The fraction of sp³-hybridized carbons (Fsp3) is 0.697. The molecule has 0 aliphatic carbocycles. The number of fused-ring (bicyclic) bond motifs is 1. The Kier molecular flexibility index (Phi) is 21.0. The SMILES string of the molecule is CCCCCCCCC=CCC(=O)SCCNC(=O)CCNC(=O)C(O)C(C)(C)COP(=O)(O)OP(=O)(O)OCC1OC(n2cnc3c(N)ncnc32)C(O)C1OP(=O)(O)O. The number of allylic oxidation sites excluding steroid dienone is 2. The van der Waals surface area contributed by atoms with Gasteiger partial charge in [-0.05, 0) is 12.8 Å².